The maximum Gasteiger partial charge on any atom is 0.178 e. The predicted octanol–water partition coefficient (Wildman–Crippen LogP) is 2.38. The molecule has 0 bridgehead atoms. The fraction of sp³-hybridized carbons (Fsp3) is 0.312. The van der Waals surface area contributed by atoms with E-state index in [4.69, 9.17) is 0 Å². The van der Waals surface area contributed by atoms with Crippen molar-refractivity contribution in [1.29, 1.82) is 0 Å². The number of hydrogen-bond acceptors (Lipinski definition) is 2. The number of carbonyl (C=O) groups excluding carboxylic acids is 1. The van der Waals surface area contributed by atoms with Crippen LogP contribution in [0.2, 0.25) is 0 Å². The van der Waals surface area contributed by atoms with Crippen molar-refractivity contribution in [3.63, 3.8) is 0 Å². The molecule has 0 aliphatic carbocycles. The molecule has 0 amide bonds. The summed E-state index contributed by atoms with van der Waals surface area (Å²) in [6, 6.07) is 12.2. The number of nitrogens with zero attached hydrogens (tertiary/aromatic N) is 2. The fourth-order valence-electron chi connectivity index (χ4n) is 2.05. The third-order valence-corrected chi connectivity index (χ3v) is 3.19. The van der Waals surface area contributed by atoms with Crippen LogP contribution in [0.1, 0.15) is 15.9 Å². The summed E-state index contributed by atoms with van der Waals surface area (Å²) in [6.45, 7) is 1.36. The van der Waals surface area contributed by atoms with Gasteiger partial charge in [-0.1, -0.05) is 30.3 Å². The highest BCUT2D eigenvalue weighted by atomic mass is 16.1. The minimum atomic E-state index is 0.177. The molecule has 2 rings (SSSR count). The molecule has 3 nitrogen and oxygen atoms in total. The molecule has 0 spiro atoms. The van der Waals surface area contributed by atoms with Crippen LogP contribution < -0.4 is 0 Å². The van der Waals surface area contributed by atoms with Gasteiger partial charge in [-0.25, -0.2) is 0 Å². The van der Waals surface area contributed by atoms with Crippen LogP contribution in [0.4, 0.5) is 0 Å². The van der Waals surface area contributed by atoms with Crippen molar-refractivity contribution in [2.24, 2.45) is 7.05 Å². The number of aromatic nitrogens is 1. The summed E-state index contributed by atoms with van der Waals surface area (Å²) in [5, 5.41) is 0. The number of benzene rings is 1. The van der Waals surface area contributed by atoms with E-state index in [-0.39, 0.29) is 5.78 Å². The Balaban J connectivity index is 1.81. The highest BCUT2D eigenvalue weighted by Gasteiger charge is 2.10. The lowest BCUT2D eigenvalue weighted by molar-refractivity contribution is 0.0947. The zero-order valence-corrected chi connectivity index (χ0v) is 11.5. The molecule has 3 heteroatoms. The Morgan fingerprint density at radius 2 is 1.95 bits per heavy atom. The smallest absolute Gasteiger partial charge is 0.178 e. The SMILES string of the molecule is CN(CCc1ccccc1)CC(=O)c1ccn(C)c1. The summed E-state index contributed by atoms with van der Waals surface area (Å²) in [5.74, 6) is 0.177. The van der Waals surface area contributed by atoms with E-state index >= 15 is 0 Å². The maximum atomic E-state index is 12.0. The van der Waals surface area contributed by atoms with Crippen molar-refractivity contribution in [3.05, 3.63) is 59.9 Å². The van der Waals surface area contributed by atoms with Gasteiger partial charge in [-0.3, -0.25) is 9.69 Å². The van der Waals surface area contributed by atoms with E-state index in [9.17, 15) is 4.79 Å². The van der Waals surface area contributed by atoms with Crippen LogP contribution in [0.5, 0.6) is 0 Å². The molecule has 0 saturated heterocycles. The maximum absolute atomic E-state index is 12.0. The number of aryl methyl sites for hydroxylation is 1. The van der Waals surface area contributed by atoms with Gasteiger partial charge >= 0.3 is 0 Å². The number of Topliss-reactive ketones (excluding diaryl/α,β-unsaturated/α-hetero) is 1. The summed E-state index contributed by atoms with van der Waals surface area (Å²) in [4.78, 5) is 14.1. The third kappa shape index (κ3) is 4.07. The van der Waals surface area contributed by atoms with Crippen LogP contribution in [0.25, 0.3) is 0 Å². The summed E-state index contributed by atoms with van der Waals surface area (Å²) >= 11 is 0. The van der Waals surface area contributed by atoms with Crippen molar-refractivity contribution in [2.75, 3.05) is 20.1 Å². The largest absolute Gasteiger partial charge is 0.357 e. The number of carbonyl (C=O) groups is 1. The zero-order valence-electron chi connectivity index (χ0n) is 11.5. The molecule has 0 fully saturated rings. The van der Waals surface area contributed by atoms with Gasteiger partial charge in [0.05, 0.1) is 6.54 Å². The van der Waals surface area contributed by atoms with E-state index in [1.54, 1.807) is 0 Å². The van der Waals surface area contributed by atoms with Gasteiger partial charge < -0.3 is 4.57 Å². The van der Waals surface area contributed by atoms with Crippen LogP contribution >= 0.6 is 0 Å². The molecular weight excluding hydrogens is 236 g/mol. The van der Waals surface area contributed by atoms with E-state index in [1.807, 2.05) is 55.3 Å². The van der Waals surface area contributed by atoms with E-state index in [2.05, 4.69) is 17.0 Å². The van der Waals surface area contributed by atoms with Gasteiger partial charge in [-0.2, -0.15) is 0 Å². The summed E-state index contributed by atoms with van der Waals surface area (Å²) in [6.07, 6.45) is 4.74. The molecule has 0 N–H and O–H groups in total. The van der Waals surface area contributed by atoms with E-state index in [0.29, 0.717) is 6.54 Å². The first-order valence-corrected chi connectivity index (χ1v) is 6.53. The molecule has 2 aromatic rings. The van der Waals surface area contributed by atoms with Crippen molar-refractivity contribution in [2.45, 2.75) is 6.42 Å². The van der Waals surface area contributed by atoms with Crippen LogP contribution in [0, 0.1) is 0 Å². The third-order valence-electron chi connectivity index (χ3n) is 3.19. The van der Waals surface area contributed by atoms with Crippen molar-refractivity contribution in [1.82, 2.24) is 9.47 Å². The van der Waals surface area contributed by atoms with E-state index in [0.717, 1.165) is 18.5 Å². The Kier molecular flexibility index (Phi) is 4.53. The van der Waals surface area contributed by atoms with Gasteiger partial charge in [0.1, 0.15) is 0 Å². The molecule has 19 heavy (non-hydrogen) atoms. The molecule has 0 aliphatic rings. The highest BCUT2D eigenvalue weighted by Crippen LogP contribution is 2.04. The lowest BCUT2D eigenvalue weighted by Crippen LogP contribution is -2.27. The topological polar surface area (TPSA) is 25.2 Å². The zero-order chi connectivity index (χ0) is 13.7. The van der Waals surface area contributed by atoms with Crippen molar-refractivity contribution in [3.8, 4) is 0 Å². The number of rotatable bonds is 6. The molecule has 100 valence electrons. The number of likely N-dealkylation sites (N-methyl/N-ethyl adjacent to an activating group) is 1. The first-order chi connectivity index (χ1) is 9.15. The van der Waals surface area contributed by atoms with Gasteiger partial charge in [0.2, 0.25) is 0 Å². The lowest BCUT2D eigenvalue weighted by atomic mass is 10.1. The first-order valence-electron chi connectivity index (χ1n) is 6.53. The number of hydrogen-bond donors (Lipinski definition) is 0. The van der Waals surface area contributed by atoms with E-state index < -0.39 is 0 Å². The Bertz CT molecular complexity index is 531. The monoisotopic (exact) mass is 256 g/mol. The van der Waals surface area contributed by atoms with Crippen LogP contribution in [0.15, 0.2) is 48.8 Å². The second-order valence-corrected chi connectivity index (χ2v) is 4.96. The second-order valence-electron chi connectivity index (χ2n) is 4.96. The molecule has 1 aromatic carbocycles. The van der Waals surface area contributed by atoms with Gasteiger partial charge in [0, 0.05) is 31.5 Å². The van der Waals surface area contributed by atoms with Gasteiger partial charge in [-0.15, -0.1) is 0 Å². The highest BCUT2D eigenvalue weighted by molar-refractivity contribution is 5.97. The minimum Gasteiger partial charge on any atom is -0.357 e. The Hall–Kier alpha value is -1.87. The standard InChI is InChI=1S/C16H20N2O/c1-17-11-9-15(12-17)16(19)13-18(2)10-8-14-6-4-3-5-7-14/h3-7,9,11-12H,8,10,13H2,1-2H3. The minimum absolute atomic E-state index is 0.177. The van der Waals surface area contributed by atoms with Crippen LogP contribution in [0.3, 0.4) is 0 Å². The Morgan fingerprint density at radius 3 is 2.58 bits per heavy atom. The lowest BCUT2D eigenvalue weighted by Gasteiger charge is -2.15. The normalized spacial score (nSPS) is 10.9. The predicted molar refractivity (Wildman–Crippen MR) is 77.4 cm³/mol. The fourth-order valence-corrected chi connectivity index (χ4v) is 2.05. The van der Waals surface area contributed by atoms with Gasteiger partial charge in [-0.05, 0) is 25.1 Å². The molecule has 0 unspecified atom stereocenters. The van der Waals surface area contributed by atoms with Crippen molar-refractivity contribution < 1.29 is 4.79 Å². The summed E-state index contributed by atoms with van der Waals surface area (Å²) in [5.41, 5.74) is 2.09. The van der Waals surface area contributed by atoms with E-state index in [1.165, 1.54) is 5.56 Å². The molecule has 0 saturated carbocycles. The van der Waals surface area contributed by atoms with Gasteiger partial charge in [0.15, 0.2) is 5.78 Å². The summed E-state index contributed by atoms with van der Waals surface area (Å²) < 4.78 is 1.90. The summed E-state index contributed by atoms with van der Waals surface area (Å²) in [7, 11) is 3.92. The van der Waals surface area contributed by atoms with Crippen molar-refractivity contribution >= 4 is 5.78 Å². The van der Waals surface area contributed by atoms with Gasteiger partial charge in [0.25, 0.3) is 0 Å². The van der Waals surface area contributed by atoms with Crippen LogP contribution in [-0.4, -0.2) is 35.4 Å². The quantitative estimate of drug-likeness (QED) is 0.741. The molecule has 0 atom stereocenters. The Labute approximate surface area is 114 Å². The Morgan fingerprint density at radius 1 is 1.21 bits per heavy atom. The molecule has 1 heterocycles. The molecule has 0 radical (unpaired) electrons. The first kappa shape index (κ1) is 13.6. The molecule has 1 aromatic heterocycles. The average molecular weight is 256 g/mol. The molecular formula is C16H20N2O. The van der Waals surface area contributed by atoms with Crippen LogP contribution in [-0.2, 0) is 13.5 Å². The number of ketones is 1. The average Bonchev–Trinajstić information content (AvgIpc) is 2.84. The second kappa shape index (κ2) is 6.34. The molecule has 0 aliphatic heterocycles.